The average molecular weight is 533 g/mol. The Balaban J connectivity index is 1.15. The Labute approximate surface area is 226 Å². The molecule has 2 fully saturated rings. The molecule has 1 N–H and O–H groups in total. The molecule has 0 radical (unpaired) electrons. The van der Waals surface area contributed by atoms with E-state index in [9.17, 15) is 9.59 Å². The van der Waals surface area contributed by atoms with Crippen LogP contribution < -0.4 is 24.6 Å². The maximum atomic E-state index is 13.3. The third kappa shape index (κ3) is 4.28. The quantitative estimate of drug-likeness (QED) is 0.507. The fourth-order valence-corrected chi connectivity index (χ4v) is 5.83. The number of urea groups is 1. The normalized spacial score (nSPS) is 22.3. The van der Waals surface area contributed by atoms with E-state index in [-0.39, 0.29) is 18.0 Å². The zero-order valence-corrected chi connectivity index (χ0v) is 22.1. The lowest BCUT2D eigenvalue weighted by molar-refractivity contribution is 0.0379. The lowest BCUT2D eigenvalue weighted by Gasteiger charge is -2.50. The number of carbonyl (C=O) groups excluding carboxylic acids is 2. The number of anilines is 2. The summed E-state index contributed by atoms with van der Waals surface area (Å²) < 4.78 is 11.7. The Morgan fingerprint density at radius 1 is 1.03 bits per heavy atom. The minimum Gasteiger partial charge on any atom is -0.497 e. The monoisotopic (exact) mass is 532 g/mol. The first-order valence-electron chi connectivity index (χ1n) is 12.7. The molecule has 3 aliphatic heterocycles. The van der Waals surface area contributed by atoms with E-state index in [2.05, 4.69) is 16.3 Å². The van der Waals surface area contributed by atoms with E-state index in [1.807, 2.05) is 54.3 Å². The Hall–Kier alpha value is -3.91. The minimum absolute atomic E-state index is 0.0177. The molecule has 2 saturated heterocycles. The van der Waals surface area contributed by atoms with Crippen molar-refractivity contribution in [3.8, 4) is 11.5 Å². The molecule has 9 heteroatoms. The van der Waals surface area contributed by atoms with Gasteiger partial charge >= 0.3 is 6.03 Å². The summed E-state index contributed by atoms with van der Waals surface area (Å²) in [6, 6.07) is 20.2. The number of hydrogen-bond acceptors (Lipinski definition) is 5. The number of amides is 3. The Kier molecular flexibility index (Phi) is 6.07. The van der Waals surface area contributed by atoms with E-state index in [4.69, 9.17) is 21.1 Å². The maximum absolute atomic E-state index is 13.3. The molecule has 8 nitrogen and oxygen atoms in total. The predicted octanol–water partition coefficient (Wildman–Crippen LogP) is 5.08. The number of fused-ring (bicyclic) bond motifs is 4. The summed E-state index contributed by atoms with van der Waals surface area (Å²) in [5.74, 6) is 1.51. The molecule has 6 rings (SSSR count). The number of hydrogen-bond donors (Lipinski definition) is 1. The molecule has 0 unspecified atom stereocenters. The molecular weight excluding hydrogens is 504 g/mol. The molecule has 3 aromatic carbocycles. The van der Waals surface area contributed by atoms with Gasteiger partial charge < -0.3 is 24.6 Å². The summed E-state index contributed by atoms with van der Waals surface area (Å²) >= 11 is 6.18. The summed E-state index contributed by atoms with van der Waals surface area (Å²) in [5.41, 5.74) is 2.37. The first-order valence-corrected chi connectivity index (χ1v) is 13.1. The zero-order chi connectivity index (χ0) is 26.4. The van der Waals surface area contributed by atoms with E-state index < -0.39 is 5.72 Å². The molecule has 0 aliphatic carbocycles. The van der Waals surface area contributed by atoms with Crippen molar-refractivity contribution in [3.63, 3.8) is 0 Å². The van der Waals surface area contributed by atoms with Crippen molar-refractivity contribution in [1.82, 2.24) is 10.2 Å². The maximum Gasteiger partial charge on any atom is 0.325 e. The van der Waals surface area contributed by atoms with Gasteiger partial charge in [0.1, 0.15) is 11.5 Å². The average Bonchev–Trinajstić information content (AvgIpc) is 2.93. The third-order valence-electron chi connectivity index (χ3n) is 7.59. The van der Waals surface area contributed by atoms with Gasteiger partial charge in [-0.1, -0.05) is 17.7 Å². The topological polar surface area (TPSA) is 74.4 Å². The van der Waals surface area contributed by atoms with Crippen LogP contribution in [0.3, 0.4) is 0 Å². The standard InChI is InChI=1S/C29H29ClN4O4/c1-29-18-25(24-16-20(30)8-11-26(24)38-29)31-28(36)34(29)21-9-6-19(7-10-21)27(35)33-14-12-32(13-15-33)22-4-3-5-23(17-22)37-2/h3-11,16-17,25H,12-15,18H2,1-2H3,(H,31,36)/t25-,29+/m0/s1. The first-order chi connectivity index (χ1) is 18.3. The number of nitrogens with zero attached hydrogens (tertiary/aromatic N) is 3. The van der Waals surface area contributed by atoms with Crippen LogP contribution in [0.4, 0.5) is 16.2 Å². The summed E-state index contributed by atoms with van der Waals surface area (Å²) in [6.07, 6.45) is 0.574. The molecule has 0 aromatic heterocycles. The Morgan fingerprint density at radius 2 is 1.79 bits per heavy atom. The van der Waals surface area contributed by atoms with Crippen molar-refractivity contribution in [3.05, 3.63) is 82.9 Å². The van der Waals surface area contributed by atoms with Crippen molar-refractivity contribution >= 4 is 34.9 Å². The van der Waals surface area contributed by atoms with E-state index in [1.165, 1.54) is 0 Å². The molecule has 2 atom stereocenters. The van der Waals surface area contributed by atoms with Crippen LogP contribution in [0.1, 0.15) is 35.3 Å². The molecule has 38 heavy (non-hydrogen) atoms. The largest absolute Gasteiger partial charge is 0.497 e. The van der Waals surface area contributed by atoms with Gasteiger partial charge in [-0.3, -0.25) is 9.69 Å². The second-order valence-electron chi connectivity index (χ2n) is 10.0. The van der Waals surface area contributed by atoms with Crippen LogP contribution in [0.15, 0.2) is 66.7 Å². The van der Waals surface area contributed by atoms with Gasteiger partial charge in [0.15, 0.2) is 5.72 Å². The van der Waals surface area contributed by atoms with Gasteiger partial charge in [0.05, 0.1) is 13.2 Å². The zero-order valence-electron chi connectivity index (χ0n) is 21.3. The SMILES string of the molecule is COc1cccc(N2CCN(C(=O)c3ccc(N4C(=O)N[C@H]5C[C@@]4(C)Oc4ccc(Cl)cc45)cc3)CC2)c1. The highest BCUT2D eigenvalue weighted by Crippen LogP contribution is 2.46. The number of piperazine rings is 1. The smallest absolute Gasteiger partial charge is 0.325 e. The Morgan fingerprint density at radius 3 is 2.53 bits per heavy atom. The van der Waals surface area contributed by atoms with Crippen LogP contribution in [0.25, 0.3) is 0 Å². The summed E-state index contributed by atoms with van der Waals surface area (Å²) in [4.78, 5) is 32.2. The van der Waals surface area contributed by atoms with Crippen molar-refractivity contribution < 1.29 is 19.1 Å². The second kappa shape index (κ2) is 9.44. The second-order valence-corrected chi connectivity index (χ2v) is 10.5. The number of ether oxygens (including phenoxy) is 2. The van der Waals surface area contributed by atoms with Gasteiger partial charge in [-0.2, -0.15) is 0 Å². The molecule has 3 amide bonds. The van der Waals surface area contributed by atoms with Crippen LogP contribution in [-0.2, 0) is 0 Å². The van der Waals surface area contributed by atoms with Crippen LogP contribution in [0.5, 0.6) is 11.5 Å². The number of halogens is 1. The van der Waals surface area contributed by atoms with Gasteiger partial charge in [-0.05, 0) is 61.5 Å². The molecular formula is C29H29ClN4O4. The van der Waals surface area contributed by atoms with Gasteiger partial charge in [0.25, 0.3) is 5.91 Å². The van der Waals surface area contributed by atoms with Gasteiger partial charge in [-0.15, -0.1) is 0 Å². The van der Waals surface area contributed by atoms with Crippen LogP contribution in [0.2, 0.25) is 5.02 Å². The van der Waals surface area contributed by atoms with Gasteiger partial charge in [-0.25, -0.2) is 4.79 Å². The molecule has 3 aromatic rings. The highest BCUT2D eigenvalue weighted by Gasteiger charge is 2.49. The highest BCUT2D eigenvalue weighted by atomic mass is 35.5. The number of benzene rings is 3. The lowest BCUT2D eigenvalue weighted by Crippen LogP contribution is -2.65. The van der Waals surface area contributed by atoms with Crippen LogP contribution in [-0.4, -0.2) is 55.9 Å². The van der Waals surface area contributed by atoms with Crippen molar-refractivity contribution in [1.29, 1.82) is 0 Å². The number of methoxy groups -OCH3 is 1. The Bertz CT molecular complexity index is 1390. The number of rotatable bonds is 4. The molecule has 196 valence electrons. The number of carbonyl (C=O) groups is 2. The fraction of sp³-hybridized carbons (Fsp3) is 0.310. The van der Waals surface area contributed by atoms with E-state index in [1.54, 1.807) is 30.2 Å². The van der Waals surface area contributed by atoms with E-state index in [0.29, 0.717) is 41.5 Å². The van der Waals surface area contributed by atoms with Crippen LogP contribution in [0, 0.1) is 0 Å². The van der Waals surface area contributed by atoms with Gasteiger partial charge in [0.2, 0.25) is 0 Å². The van der Waals surface area contributed by atoms with Crippen LogP contribution >= 0.6 is 11.6 Å². The number of nitrogens with one attached hydrogen (secondary N) is 1. The molecule has 0 spiro atoms. The molecule has 3 heterocycles. The predicted molar refractivity (Wildman–Crippen MR) is 146 cm³/mol. The van der Waals surface area contributed by atoms with E-state index in [0.717, 1.165) is 30.1 Å². The highest BCUT2D eigenvalue weighted by molar-refractivity contribution is 6.30. The first kappa shape index (κ1) is 24.4. The fourth-order valence-electron chi connectivity index (χ4n) is 5.65. The molecule has 0 saturated carbocycles. The summed E-state index contributed by atoms with van der Waals surface area (Å²) in [7, 11) is 1.66. The lowest BCUT2D eigenvalue weighted by atomic mass is 9.90. The van der Waals surface area contributed by atoms with Gasteiger partial charge in [0, 0.05) is 66.2 Å². The molecule has 2 bridgehead atoms. The minimum atomic E-state index is -0.865. The van der Waals surface area contributed by atoms with Crippen molar-refractivity contribution in [2.24, 2.45) is 0 Å². The molecule has 3 aliphatic rings. The summed E-state index contributed by atoms with van der Waals surface area (Å²) in [6.45, 7) is 4.66. The van der Waals surface area contributed by atoms with E-state index >= 15 is 0 Å². The van der Waals surface area contributed by atoms with Crippen molar-refractivity contribution in [2.45, 2.75) is 25.1 Å². The van der Waals surface area contributed by atoms with Crippen molar-refractivity contribution in [2.75, 3.05) is 43.1 Å². The third-order valence-corrected chi connectivity index (χ3v) is 7.83. The summed E-state index contributed by atoms with van der Waals surface area (Å²) in [5, 5.41) is 3.69.